The third-order valence-corrected chi connectivity index (χ3v) is 10.9. The summed E-state index contributed by atoms with van der Waals surface area (Å²) in [6, 6.07) is 0. The van der Waals surface area contributed by atoms with Crippen LogP contribution in [0.1, 0.15) is 27.7 Å². The zero-order chi connectivity index (χ0) is 13.9. The molecule has 104 valence electrons. The van der Waals surface area contributed by atoms with Gasteiger partial charge in [0.05, 0.1) is 0 Å². The van der Waals surface area contributed by atoms with Crippen LogP contribution in [0, 0.1) is 0 Å². The number of nitrogens with two attached hydrogens (primary N) is 2. The fraction of sp³-hybridized carbons (Fsp3) is 1.00. The first kappa shape index (κ1) is 17.7. The molecule has 0 spiro atoms. The van der Waals surface area contributed by atoms with Crippen molar-refractivity contribution in [3.63, 3.8) is 0 Å². The van der Waals surface area contributed by atoms with Crippen molar-refractivity contribution >= 4 is 39.0 Å². The molecule has 0 aliphatic carbocycles. The lowest BCUT2D eigenvalue weighted by Crippen LogP contribution is -2.47. The lowest BCUT2D eigenvalue weighted by molar-refractivity contribution is 0.459. The molecule has 0 aliphatic heterocycles. The molecule has 17 heavy (non-hydrogen) atoms. The molecule has 0 aromatic carbocycles. The van der Waals surface area contributed by atoms with Crippen LogP contribution < -0.4 is 15.0 Å². The maximum atomic E-state index is 12.2. The summed E-state index contributed by atoms with van der Waals surface area (Å²) in [7, 11) is -3.89. The van der Waals surface area contributed by atoms with E-state index < -0.39 is 21.4 Å². The van der Waals surface area contributed by atoms with Crippen LogP contribution in [0.4, 0.5) is 0 Å². The van der Waals surface area contributed by atoms with Crippen molar-refractivity contribution in [1.29, 1.82) is 0 Å². The molecule has 0 radical (unpaired) electrons. The van der Waals surface area contributed by atoms with Gasteiger partial charge in [-0.1, -0.05) is 6.92 Å². The van der Waals surface area contributed by atoms with E-state index in [1.165, 1.54) is 0 Å². The third-order valence-electron chi connectivity index (χ3n) is 1.52. The van der Waals surface area contributed by atoms with Gasteiger partial charge in [-0.3, -0.25) is 14.8 Å². The van der Waals surface area contributed by atoms with Gasteiger partial charge in [-0.05, 0) is 20.8 Å². The van der Waals surface area contributed by atoms with Gasteiger partial charge in [-0.15, -0.1) is 4.08 Å². The second-order valence-electron chi connectivity index (χ2n) is 4.17. The summed E-state index contributed by atoms with van der Waals surface area (Å²) in [5.41, 5.74) is -4.10. The SMILES string of the molecule is CCN(P(=O)(SN)SN)S(=O)(=O)NC(C)(C)C. The number of hydrogen-bond donors (Lipinski definition) is 3. The molecule has 0 aliphatic rings. The standard InChI is InChI=1S/C6H19N4O3PS3/c1-5-10(14(11,15-7)16-8)17(12,13)9-6(2,3)4/h9H,5,7-8H2,1-4H3. The molecular weight excluding hydrogens is 303 g/mol. The zero-order valence-corrected chi connectivity index (χ0v) is 13.5. The minimum Gasteiger partial charge on any atom is -0.279 e. The molecule has 0 saturated heterocycles. The minimum atomic E-state index is -3.89. The first-order valence-electron chi connectivity index (χ1n) is 4.71. The van der Waals surface area contributed by atoms with Crippen molar-refractivity contribution in [2.75, 3.05) is 6.54 Å². The lowest BCUT2D eigenvalue weighted by atomic mass is 10.1. The van der Waals surface area contributed by atoms with E-state index in [0.29, 0.717) is 23.1 Å². The second-order valence-corrected chi connectivity index (χ2v) is 12.8. The van der Waals surface area contributed by atoms with Crippen LogP contribution in [0.2, 0.25) is 0 Å². The van der Waals surface area contributed by atoms with Gasteiger partial charge in [0, 0.05) is 35.2 Å². The maximum Gasteiger partial charge on any atom is 0.299 e. The van der Waals surface area contributed by atoms with Crippen LogP contribution in [0.5, 0.6) is 0 Å². The molecule has 0 aromatic heterocycles. The monoisotopic (exact) mass is 322 g/mol. The van der Waals surface area contributed by atoms with Gasteiger partial charge in [0.1, 0.15) is 0 Å². The summed E-state index contributed by atoms with van der Waals surface area (Å²) in [5.74, 6) is 0. The normalized spacial score (nSPS) is 14.3. The smallest absolute Gasteiger partial charge is 0.279 e. The molecule has 11 heteroatoms. The van der Waals surface area contributed by atoms with Crippen LogP contribution in [-0.4, -0.2) is 24.6 Å². The molecule has 7 nitrogen and oxygen atoms in total. The van der Waals surface area contributed by atoms with Crippen molar-refractivity contribution in [3.05, 3.63) is 0 Å². The van der Waals surface area contributed by atoms with Gasteiger partial charge < -0.3 is 0 Å². The molecule has 0 fully saturated rings. The highest BCUT2D eigenvalue weighted by molar-refractivity contribution is 8.89. The van der Waals surface area contributed by atoms with E-state index >= 15 is 0 Å². The van der Waals surface area contributed by atoms with E-state index in [1.54, 1.807) is 27.7 Å². The predicted octanol–water partition coefficient (Wildman–Crippen LogP) is 1.26. The molecule has 0 rings (SSSR count). The highest BCUT2D eigenvalue weighted by Gasteiger charge is 2.40. The Balaban J connectivity index is 5.34. The summed E-state index contributed by atoms with van der Waals surface area (Å²) in [4.78, 5) is 0. The Kier molecular flexibility index (Phi) is 6.51. The molecule has 0 heterocycles. The van der Waals surface area contributed by atoms with Crippen LogP contribution in [0.3, 0.4) is 0 Å². The number of nitrogens with zero attached hydrogens (tertiary/aromatic N) is 1. The quantitative estimate of drug-likeness (QED) is 0.497. The Bertz CT molecular complexity index is 386. The van der Waals surface area contributed by atoms with Crippen molar-refractivity contribution in [2.45, 2.75) is 33.2 Å². The van der Waals surface area contributed by atoms with E-state index in [2.05, 4.69) is 4.72 Å². The fourth-order valence-electron chi connectivity index (χ4n) is 1.04. The van der Waals surface area contributed by atoms with Gasteiger partial charge in [-0.25, -0.2) is 0 Å². The van der Waals surface area contributed by atoms with E-state index in [-0.39, 0.29) is 6.54 Å². The Hall–Kier alpha value is 0.720. The molecule has 0 saturated carbocycles. The summed E-state index contributed by atoms with van der Waals surface area (Å²) < 4.78 is 39.5. The first-order chi connectivity index (χ1) is 7.52. The van der Waals surface area contributed by atoms with Crippen LogP contribution in [-0.2, 0) is 14.8 Å². The van der Waals surface area contributed by atoms with Gasteiger partial charge in [0.25, 0.3) is 15.9 Å². The summed E-state index contributed by atoms with van der Waals surface area (Å²) in [6.45, 7) is 6.66. The summed E-state index contributed by atoms with van der Waals surface area (Å²) >= 11 is 0.916. The zero-order valence-electron chi connectivity index (χ0n) is 10.2. The molecule has 5 N–H and O–H groups in total. The van der Waals surface area contributed by atoms with E-state index in [4.69, 9.17) is 10.3 Å². The average Bonchev–Trinajstić information content (AvgIpc) is 2.14. The Morgan fingerprint density at radius 3 is 1.94 bits per heavy atom. The summed E-state index contributed by atoms with van der Waals surface area (Å²) in [5, 5.41) is 10.5. The van der Waals surface area contributed by atoms with Gasteiger partial charge in [-0.2, -0.15) is 13.1 Å². The molecule has 0 amide bonds. The maximum absolute atomic E-state index is 12.2. The van der Waals surface area contributed by atoms with Crippen molar-refractivity contribution < 1.29 is 13.0 Å². The van der Waals surface area contributed by atoms with Crippen molar-refractivity contribution in [3.8, 4) is 0 Å². The van der Waals surface area contributed by atoms with E-state index in [9.17, 15) is 13.0 Å². The van der Waals surface area contributed by atoms with Crippen LogP contribution in [0.15, 0.2) is 0 Å². The van der Waals surface area contributed by atoms with Gasteiger partial charge >= 0.3 is 0 Å². The molecule has 0 unspecified atom stereocenters. The Morgan fingerprint density at radius 2 is 1.71 bits per heavy atom. The number of nitrogens with one attached hydrogen (secondary N) is 1. The fourth-order valence-corrected chi connectivity index (χ4v) is 8.24. The van der Waals surface area contributed by atoms with E-state index in [1.807, 2.05) is 0 Å². The van der Waals surface area contributed by atoms with Gasteiger partial charge in [0.15, 0.2) is 0 Å². The minimum absolute atomic E-state index is 0.0249. The van der Waals surface area contributed by atoms with Crippen molar-refractivity contribution in [2.24, 2.45) is 10.3 Å². The first-order valence-corrected chi connectivity index (χ1v) is 10.8. The predicted molar refractivity (Wildman–Crippen MR) is 75.4 cm³/mol. The number of rotatable bonds is 6. The van der Waals surface area contributed by atoms with Crippen molar-refractivity contribution in [1.82, 2.24) is 8.80 Å². The third kappa shape index (κ3) is 5.07. The van der Waals surface area contributed by atoms with Crippen LogP contribution in [0.25, 0.3) is 0 Å². The Morgan fingerprint density at radius 1 is 1.29 bits per heavy atom. The highest BCUT2D eigenvalue weighted by Crippen LogP contribution is 2.67. The van der Waals surface area contributed by atoms with E-state index in [0.717, 1.165) is 4.08 Å². The second kappa shape index (κ2) is 6.25. The largest absolute Gasteiger partial charge is 0.299 e. The summed E-state index contributed by atoms with van der Waals surface area (Å²) in [6.07, 6.45) is 0. The molecule has 0 aromatic rings. The Labute approximate surface area is 111 Å². The molecule has 0 bridgehead atoms. The average molecular weight is 322 g/mol. The number of hydrogen-bond acceptors (Lipinski definition) is 7. The van der Waals surface area contributed by atoms with Crippen LogP contribution >= 0.6 is 28.8 Å². The molecular formula is C6H19N4O3PS3. The molecule has 0 atom stereocenters. The van der Waals surface area contributed by atoms with Gasteiger partial charge in [0.2, 0.25) is 0 Å². The lowest BCUT2D eigenvalue weighted by Gasteiger charge is -2.29. The topological polar surface area (TPSA) is 119 Å². The highest BCUT2D eigenvalue weighted by atomic mass is 33.1.